The Morgan fingerprint density at radius 3 is 2.71 bits per heavy atom. The zero-order chi connectivity index (χ0) is 11.8. The molecule has 1 N–H and O–H groups in total. The van der Waals surface area contributed by atoms with Gasteiger partial charge in [-0.3, -0.25) is 0 Å². The van der Waals surface area contributed by atoms with Gasteiger partial charge in [0.25, 0.3) is 0 Å². The van der Waals surface area contributed by atoms with Gasteiger partial charge >= 0.3 is 0 Å². The SMILES string of the molecule is Brc1ccc(NCC2CC3C=CC2C3)c(Br)c1. The summed E-state index contributed by atoms with van der Waals surface area (Å²) < 4.78 is 2.24. The number of hydrogen-bond donors (Lipinski definition) is 1. The van der Waals surface area contributed by atoms with E-state index < -0.39 is 0 Å². The molecule has 1 saturated carbocycles. The summed E-state index contributed by atoms with van der Waals surface area (Å²) in [6.45, 7) is 1.09. The standard InChI is InChI=1S/C14H15Br2N/c15-12-3-4-14(13(16)7-12)17-8-11-6-9-1-2-10(11)5-9/h1-4,7,9-11,17H,5-6,8H2. The van der Waals surface area contributed by atoms with E-state index in [2.05, 4.69) is 67.5 Å². The summed E-state index contributed by atoms with van der Waals surface area (Å²) >= 11 is 7.06. The van der Waals surface area contributed by atoms with Gasteiger partial charge in [0.15, 0.2) is 0 Å². The molecule has 0 aromatic heterocycles. The molecule has 0 spiro atoms. The molecule has 1 nitrogen and oxygen atoms in total. The Morgan fingerprint density at radius 2 is 2.06 bits per heavy atom. The van der Waals surface area contributed by atoms with E-state index >= 15 is 0 Å². The summed E-state index contributed by atoms with van der Waals surface area (Å²) in [5.41, 5.74) is 1.19. The lowest BCUT2D eigenvalue weighted by Crippen LogP contribution is -2.18. The average Bonchev–Trinajstić information content (AvgIpc) is 2.89. The van der Waals surface area contributed by atoms with Crippen molar-refractivity contribution in [1.82, 2.24) is 0 Å². The molecule has 3 atom stereocenters. The minimum absolute atomic E-state index is 0.820. The molecule has 3 heteroatoms. The summed E-state index contributed by atoms with van der Waals surface area (Å²) in [7, 11) is 0. The Kier molecular flexibility index (Phi) is 3.31. The van der Waals surface area contributed by atoms with Crippen molar-refractivity contribution in [2.24, 2.45) is 17.8 Å². The van der Waals surface area contributed by atoms with Gasteiger partial charge in [-0.25, -0.2) is 0 Å². The predicted molar refractivity (Wildman–Crippen MR) is 79.2 cm³/mol. The Morgan fingerprint density at radius 1 is 1.18 bits per heavy atom. The lowest BCUT2D eigenvalue weighted by molar-refractivity contribution is 0.472. The van der Waals surface area contributed by atoms with Crippen molar-refractivity contribution >= 4 is 37.5 Å². The molecule has 1 fully saturated rings. The molecular weight excluding hydrogens is 342 g/mol. The molecule has 0 aliphatic heterocycles. The highest BCUT2D eigenvalue weighted by atomic mass is 79.9. The zero-order valence-electron chi connectivity index (χ0n) is 9.50. The van der Waals surface area contributed by atoms with Crippen LogP contribution in [0.15, 0.2) is 39.3 Å². The summed E-state index contributed by atoms with van der Waals surface area (Å²) in [5, 5.41) is 3.57. The van der Waals surface area contributed by atoms with Gasteiger partial charge in [0.1, 0.15) is 0 Å². The van der Waals surface area contributed by atoms with Crippen LogP contribution in [0.3, 0.4) is 0 Å². The van der Waals surface area contributed by atoms with Gasteiger partial charge in [-0.2, -0.15) is 0 Å². The largest absolute Gasteiger partial charge is 0.384 e. The van der Waals surface area contributed by atoms with Gasteiger partial charge in [0, 0.05) is 21.2 Å². The van der Waals surface area contributed by atoms with Crippen molar-refractivity contribution < 1.29 is 0 Å². The van der Waals surface area contributed by atoms with Crippen LogP contribution in [0.1, 0.15) is 12.8 Å². The van der Waals surface area contributed by atoms with E-state index in [4.69, 9.17) is 0 Å². The van der Waals surface area contributed by atoms with Gasteiger partial charge in [0.05, 0.1) is 0 Å². The Labute approximate surface area is 119 Å². The summed E-state index contributed by atoms with van der Waals surface area (Å²) in [5.74, 6) is 2.50. The van der Waals surface area contributed by atoms with Gasteiger partial charge in [0.2, 0.25) is 0 Å². The number of halogens is 2. The number of nitrogens with one attached hydrogen (secondary N) is 1. The molecule has 0 amide bonds. The molecule has 0 heterocycles. The molecule has 2 bridgehead atoms. The topological polar surface area (TPSA) is 12.0 Å². The minimum atomic E-state index is 0.820. The molecule has 2 aliphatic carbocycles. The second kappa shape index (κ2) is 4.77. The lowest BCUT2D eigenvalue weighted by atomic mass is 9.93. The molecule has 90 valence electrons. The maximum Gasteiger partial charge on any atom is 0.0485 e. The fraction of sp³-hybridized carbons (Fsp3) is 0.429. The van der Waals surface area contributed by atoms with Crippen LogP contribution in [-0.2, 0) is 0 Å². The van der Waals surface area contributed by atoms with Crippen molar-refractivity contribution in [1.29, 1.82) is 0 Å². The first-order valence-electron chi connectivity index (χ1n) is 6.09. The van der Waals surface area contributed by atoms with Crippen LogP contribution in [0.25, 0.3) is 0 Å². The third-order valence-electron chi connectivity index (χ3n) is 3.90. The van der Waals surface area contributed by atoms with Gasteiger partial charge < -0.3 is 5.32 Å². The van der Waals surface area contributed by atoms with Crippen LogP contribution in [0, 0.1) is 17.8 Å². The molecule has 1 aromatic rings. The molecular formula is C14H15Br2N. The van der Waals surface area contributed by atoms with E-state index in [9.17, 15) is 0 Å². The van der Waals surface area contributed by atoms with E-state index in [1.54, 1.807) is 0 Å². The van der Waals surface area contributed by atoms with E-state index in [1.165, 1.54) is 18.5 Å². The fourth-order valence-electron chi connectivity index (χ4n) is 3.00. The van der Waals surface area contributed by atoms with Crippen LogP contribution in [0.5, 0.6) is 0 Å². The van der Waals surface area contributed by atoms with Crippen molar-refractivity contribution in [2.75, 3.05) is 11.9 Å². The van der Waals surface area contributed by atoms with Crippen molar-refractivity contribution in [2.45, 2.75) is 12.8 Å². The lowest BCUT2D eigenvalue weighted by Gasteiger charge is -2.19. The highest BCUT2D eigenvalue weighted by Crippen LogP contribution is 2.43. The first kappa shape index (κ1) is 11.8. The van der Waals surface area contributed by atoms with Gasteiger partial charge in [-0.15, -0.1) is 0 Å². The van der Waals surface area contributed by atoms with Crippen LogP contribution in [-0.4, -0.2) is 6.54 Å². The summed E-state index contributed by atoms with van der Waals surface area (Å²) in [4.78, 5) is 0. The average molecular weight is 357 g/mol. The second-order valence-corrected chi connectivity index (χ2v) is 6.82. The number of anilines is 1. The van der Waals surface area contributed by atoms with Crippen LogP contribution >= 0.6 is 31.9 Å². The van der Waals surface area contributed by atoms with Crippen molar-refractivity contribution in [3.63, 3.8) is 0 Å². The highest BCUT2D eigenvalue weighted by Gasteiger charge is 2.35. The maximum atomic E-state index is 3.59. The Bertz CT molecular complexity index is 456. The molecule has 3 unspecified atom stereocenters. The number of rotatable bonds is 3. The van der Waals surface area contributed by atoms with E-state index in [0.29, 0.717) is 0 Å². The zero-order valence-corrected chi connectivity index (χ0v) is 12.7. The van der Waals surface area contributed by atoms with Crippen LogP contribution in [0.4, 0.5) is 5.69 Å². The monoisotopic (exact) mass is 355 g/mol. The predicted octanol–water partition coefficient (Wildman–Crippen LogP) is 4.84. The van der Waals surface area contributed by atoms with Gasteiger partial charge in [-0.05, 0) is 64.7 Å². The molecule has 2 aliphatic rings. The van der Waals surface area contributed by atoms with Crippen molar-refractivity contribution in [3.8, 4) is 0 Å². The molecule has 3 rings (SSSR count). The highest BCUT2D eigenvalue weighted by molar-refractivity contribution is 9.11. The van der Waals surface area contributed by atoms with E-state index in [0.717, 1.165) is 33.2 Å². The quantitative estimate of drug-likeness (QED) is 0.764. The third-order valence-corrected chi connectivity index (χ3v) is 5.05. The second-order valence-electron chi connectivity index (χ2n) is 5.05. The first-order valence-corrected chi connectivity index (χ1v) is 7.68. The minimum Gasteiger partial charge on any atom is -0.384 e. The van der Waals surface area contributed by atoms with Crippen LogP contribution in [0.2, 0.25) is 0 Å². The normalized spacial score (nSPS) is 29.9. The third kappa shape index (κ3) is 2.45. The Balaban J connectivity index is 1.62. The van der Waals surface area contributed by atoms with Crippen molar-refractivity contribution in [3.05, 3.63) is 39.3 Å². The molecule has 0 radical (unpaired) electrons. The number of allylic oxidation sites excluding steroid dienone is 2. The molecule has 1 aromatic carbocycles. The summed E-state index contributed by atoms with van der Waals surface area (Å²) in [6.07, 6.45) is 7.56. The number of hydrogen-bond acceptors (Lipinski definition) is 1. The van der Waals surface area contributed by atoms with E-state index in [1.807, 2.05) is 0 Å². The molecule has 0 saturated heterocycles. The summed E-state index contributed by atoms with van der Waals surface area (Å²) in [6, 6.07) is 6.29. The number of fused-ring (bicyclic) bond motifs is 2. The number of benzene rings is 1. The first-order chi connectivity index (χ1) is 8.22. The van der Waals surface area contributed by atoms with Gasteiger partial charge in [-0.1, -0.05) is 28.1 Å². The smallest absolute Gasteiger partial charge is 0.0485 e. The Hall–Kier alpha value is -0.280. The van der Waals surface area contributed by atoms with E-state index in [-0.39, 0.29) is 0 Å². The molecule has 17 heavy (non-hydrogen) atoms. The maximum absolute atomic E-state index is 3.59. The fourth-order valence-corrected chi connectivity index (χ4v) is 4.19. The van der Waals surface area contributed by atoms with Crippen LogP contribution < -0.4 is 5.32 Å².